The lowest BCUT2D eigenvalue weighted by Gasteiger charge is -2.08. The topological polar surface area (TPSA) is 104 Å². The minimum atomic E-state index is -0.752. The molecule has 2 aromatic carbocycles. The second-order valence-electron chi connectivity index (χ2n) is 4.93. The maximum absolute atomic E-state index is 11.6. The normalized spacial score (nSPS) is 10.5. The zero-order chi connectivity index (χ0) is 17.3. The van der Waals surface area contributed by atoms with Crippen molar-refractivity contribution in [3.63, 3.8) is 0 Å². The summed E-state index contributed by atoms with van der Waals surface area (Å²) in [6, 6.07) is 14.9. The van der Waals surface area contributed by atoms with Crippen molar-refractivity contribution in [2.24, 2.45) is 5.73 Å². The number of rotatable bonds is 4. The molecule has 24 heavy (non-hydrogen) atoms. The number of nitro groups is 1. The Labute approximate surface area is 141 Å². The highest BCUT2D eigenvalue weighted by Gasteiger charge is 2.22. The van der Waals surface area contributed by atoms with Crippen LogP contribution in [0.5, 0.6) is 0 Å². The molecule has 0 atom stereocenters. The monoisotopic (exact) mass is 342 g/mol. The summed E-state index contributed by atoms with van der Waals surface area (Å²) in [7, 11) is 0. The molecule has 0 aliphatic carbocycles. The number of carbonyl (C=O) groups excluding carboxylic acids is 1. The zero-order valence-corrected chi connectivity index (χ0v) is 13.0. The molecule has 0 radical (unpaired) electrons. The lowest BCUT2D eigenvalue weighted by Crippen LogP contribution is -2.12. The number of aromatic nitrogens is 2. The van der Waals surface area contributed by atoms with Gasteiger partial charge in [0.2, 0.25) is 0 Å². The zero-order valence-electron chi connectivity index (χ0n) is 12.2. The summed E-state index contributed by atoms with van der Waals surface area (Å²) in [6.45, 7) is 0. The van der Waals surface area contributed by atoms with Crippen LogP contribution in [0.1, 0.15) is 10.5 Å². The van der Waals surface area contributed by atoms with Crippen molar-refractivity contribution in [1.29, 1.82) is 0 Å². The van der Waals surface area contributed by atoms with E-state index < -0.39 is 10.8 Å². The third kappa shape index (κ3) is 2.72. The average molecular weight is 343 g/mol. The van der Waals surface area contributed by atoms with Crippen molar-refractivity contribution in [2.75, 3.05) is 0 Å². The molecular weight excluding hydrogens is 332 g/mol. The Balaban J connectivity index is 2.21. The number of nitrogens with zero attached hydrogens (tertiary/aromatic N) is 3. The molecule has 1 heterocycles. The van der Waals surface area contributed by atoms with Crippen LogP contribution in [0.2, 0.25) is 5.02 Å². The van der Waals surface area contributed by atoms with Gasteiger partial charge in [-0.2, -0.15) is 5.10 Å². The van der Waals surface area contributed by atoms with Gasteiger partial charge in [0.25, 0.3) is 11.6 Å². The van der Waals surface area contributed by atoms with Crippen molar-refractivity contribution in [2.45, 2.75) is 0 Å². The summed E-state index contributed by atoms with van der Waals surface area (Å²) in [5.41, 5.74) is 6.96. The first-order valence-corrected chi connectivity index (χ1v) is 7.25. The van der Waals surface area contributed by atoms with Gasteiger partial charge in [0, 0.05) is 17.7 Å². The number of halogens is 1. The molecule has 0 aliphatic rings. The van der Waals surface area contributed by atoms with Crippen LogP contribution in [0.3, 0.4) is 0 Å². The minimum absolute atomic E-state index is 0.0478. The molecule has 7 nitrogen and oxygen atoms in total. The predicted octanol–water partition coefficient (Wildman–Crippen LogP) is 3.20. The lowest BCUT2D eigenvalue weighted by atomic mass is 10.1. The first kappa shape index (κ1) is 15.7. The van der Waals surface area contributed by atoms with E-state index in [1.165, 1.54) is 28.9 Å². The molecule has 0 fully saturated rings. The van der Waals surface area contributed by atoms with Gasteiger partial charge in [-0.25, -0.2) is 4.68 Å². The molecule has 0 saturated carbocycles. The van der Waals surface area contributed by atoms with Crippen LogP contribution < -0.4 is 5.73 Å². The third-order valence-corrected chi connectivity index (χ3v) is 3.77. The van der Waals surface area contributed by atoms with E-state index >= 15 is 0 Å². The summed E-state index contributed by atoms with van der Waals surface area (Å²) in [4.78, 5) is 21.9. The maximum Gasteiger partial charge on any atom is 0.270 e. The Bertz CT molecular complexity index is 921. The Morgan fingerprint density at radius 3 is 2.29 bits per heavy atom. The maximum atomic E-state index is 11.6. The highest BCUT2D eigenvalue weighted by atomic mass is 35.5. The summed E-state index contributed by atoms with van der Waals surface area (Å²) in [5.74, 6) is -0.752. The third-order valence-electron chi connectivity index (χ3n) is 3.41. The van der Waals surface area contributed by atoms with E-state index in [0.717, 1.165) is 5.56 Å². The molecule has 3 aromatic rings. The average Bonchev–Trinajstić information content (AvgIpc) is 2.93. The molecule has 0 bridgehead atoms. The number of primary amides is 1. The van der Waals surface area contributed by atoms with E-state index in [-0.39, 0.29) is 16.4 Å². The molecule has 0 spiro atoms. The molecule has 2 N–H and O–H groups in total. The van der Waals surface area contributed by atoms with Gasteiger partial charge in [0.15, 0.2) is 5.69 Å². The highest BCUT2D eigenvalue weighted by molar-refractivity contribution is 6.36. The number of nitro benzene ring substituents is 1. The molecule has 3 rings (SSSR count). The lowest BCUT2D eigenvalue weighted by molar-refractivity contribution is -0.384. The van der Waals surface area contributed by atoms with Gasteiger partial charge in [-0.05, 0) is 12.1 Å². The van der Waals surface area contributed by atoms with E-state index in [0.29, 0.717) is 11.4 Å². The number of nitrogens with two attached hydrogens (primary N) is 1. The van der Waals surface area contributed by atoms with Crippen LogP contribution in [-0.4, -0.2) is 20.6 Å². The van der Waals surface area contributed by atoms with Gasteiger partial charge in [0.1, 0.15) is 5.02 Å². The number of hydrogen-bond acceptors (Lipinski definition) is 4. The van der Waals surface area contributed by atoms with Gasteiger partial charge in [0.05, 0.1) is 16.3 Å². The number of non-ortho nitro benzene ring substituents is 1. The van der Waals surface area contributed by atoms with Crippen molar-refractivity contribution < 1.29 is 9.72 Å². The number of hydrogen-bond donors (Lipinski definition) is 1. The Hall–Kier alpha value is -3.19. The van der Waals surface area contributed by atoms with Gasteiger partial charge in [-0.15, -0.1) is 0 Å². The van der Waals surface area contributed by atoms with E-state index in [1.807, 2.05) is 30.3 Å². The first-order valence-electron chi connectivity index (χ1n) is 6.87. The Kier molecular flexibility index (Phi) is 4.01. The fourth-order valence-electron chi connectivity index (χ4n) is 2.30. The quantitative estimate of drug-likeness (QED) is 0.580. The van der Waals surface area contributed by atoms with Gasteiger partial charge in [-0.3, -0.25) is 14.9 Å². The van der Waals surface area contributed by atoms with Crippen LogP contribution >= 0.6 is 11.6 Å². The molecule has 0 unspecified atom stereocenters. The summed E-state index contributed by atoms with van der Waals surface area (Å²) < 4.78 is 1.45. The van der Waals surface area contributed by atoms with Crippen molar-refractivity contribution in [3.8, 4) is 16.9 Å². The molecule has 120 valence electrons. The van der Waals surface area contributed by atoms with E-state index in [4.69, 9.17) is 17.3 Å². The first-order chi connectivity index (χ1) is 11.5. The van der Waals surface area contributed by atoms with Crippen molar-refractivity contribution >= 4 is 23.2 Å². The molecule has 0 saturated heterocycles. The Morgan fingerprint density at radius 2 is 1.75 bits per heavy atom. The van der Waals surface area contributed by atoms with Crippen LogP contribution in [0, 0.1) is 10.1 Å². The second-order valence-corrected chi connectivity index (χ2v) is 5.30. The number of amides is 1. The van der Waals surface area contributed by atoms with Crippen LogP contribution in [-0.2, 0) is 0 Å². The van der Waals surface area contributed by atoms with Crippen LogP contribution in [0.4, 0.5) is 5.69 Å². The standard InChI is InChI=1S/C16H11ClN4O3/c17-13-14(16(18)22)19-20(15(13)10-4-2-1-3-5-10)11-6-8-12(9-7-11)21(23)24/h1-9H,(H2,18,22). The molecular formula is C16H11ClN4O3. The van der Waals surface area contributed by atoms with Crippen LogP contribution in [0.25, 0.3) is 16.9 Å². The fourth-order valence-corrected chi connectivity index (χ4v) is 2.62. The number of carbonyl (C=O) groups is 1. The van der Waals surface area contributed by atoms with Crippen LogP contribution in [0.15, 0.2) is 54.6 Å². The van der Waals surface area contributed by atoms with Crippen molar-refractivity contribution in [1.82, 2.24) is 9.78 Å². The SMILES string of the molecule is NC(=O)c1nn(-c2ccc([N+](=O)[O-])cc2)c(-c2ccccc2)c1Cl. The highest BCUT2D eigenvalue weighted by Crippen LogP contribution is 2.33. The van der Waals surface area contributed by atoms with Gasteiger partial charge < -0.3 is 5.73 Å². The fraction of sp³-hybridized carbons (Fsp3) is 0. The molecule has 0 aliphatic heterocycles. The summed E-state index contributed by atoms with van der Waals surface area (Å²) in [5, 5.41) is 15.1. The van der Waals surface area contributed by atoms with E-state index in [1.54, 1.807) is 0 Å². The van der Waals surface area contributed by atoms with Crippen molar-refractivity contribution in [3.05, 3.63) is 75.4 Å². The smallest absolute Gasteiger partial charge is 0.270 e. The predicted molar refractivity (Wildman–Crippen MR) is 89.2 cm³/mol. The van der Waals surface area contributed by atoms with E-state index in [9.17, 15) is 14.9 Å². The summed E-state index contributed by atoms with van der Waals surface area (Å²) >= 11 is 6.30. The van der Waals surface area contributed by atoms with Gasteiger partial charge >= 0.3 is 0 Å². The van der Waals surface area contributed by atoms with E-state index in [2.05, 4.69) is 5.10 Å². The second kappa shape index (κ2) is 6.13. The largest absolute Gasteiger partial charge is 0.364 e. The van der Waals surface area contributed by atoms with Gasteiger partial charge in [-0.1, -0.05) is 41.9 Å². The molecule has 1 amide bonds. The molecule has 1 aromatic heterocycles. The Morgan fingerprint density at radius 1 is 1.12 bits per heavy atom. The molecule has 8 heteroatoms. The minimum Gasteiger partial charge on any atom is -0.364 e. The summed E-state index contributed by atoms with van der Waals surface area (Å²) in [6.07, 6.45) is 0. The number of benzene rings is 2.